The van der Waals surface area contributed by atoms with Crippen molar-refractivity contribution in [2.45, 2.75) is 30.8 Å². The Morgan fingerprint density at radius 3 is 2.79 bits per heavy atom. The SMILES string of the molecule is CCN(CCN)C(C)c1ccc(OC)c(CSc2nnnn2C)c1. The second-order valence-corrected chi connectivity index (χ2v) is 6.48. The van der Waals surface area contributed by atoms with Crippen LogP contribution in [0.15, 0.2) is 23.4 Å². The number of rotatable bonds is 9. The third-order valence-electron chi connectivity index (χ3n) is 4.10. The van der Waals surface area contributed by atoms with Gasteiger partial charge in [0, 0.05) is 37.5 Å². The second-order valence-electron chi connectivity index (χ2n) is 5.54. The number of benzene rings is 1. The van der Waals surface area contributed by atoms with Crippen molar-refractivity contribution in [2.75, 3.05) is 26.7 Å². The predicted molar refractivity (Wildman–Crippen MR) is 96.1 cm³/mol. The largest absolute Gasteiger partial charge is 0.496 e. The second kappa shape index (κ2) is 9.00. The van der Waals surface area contributed by atoms with Gasteiger partial charge in [-0.2, -0.15) is 0 Å². The molecule has 132 valence electrons. The summed E-state index contributed by atoms with van der Waals surface area (Å²) in [4.78, 5) is 2.37. The van der Waals surface area contributed by atoms with E-state index in [1.807, 2.05) is 13.1 Å². The Kier molecular flexibility index (Phi) is 7.01. The summed E-state index contributed by atoms with van der Waals surface area (Å²) in [5.74, 6) is 1.64. The summed E-state index contributed by atoms with van der Waals surface area (Å²) in [5, 5.41) is 12.3. The van der Waals surface area contributed by atoms with E-state index < -0.39 is 0 Å². The highest BCUT2D eigenvalue weighted by atomic mass is 32.2. The summed E-state index contributed by atoms with van der Waals surface area (Å²) < 4.78 is 7.18. The van der Waals surface area contributed by atoms with Crippen molar-refractivity contribution < 1.29 is 4.74 Å². The summed E-state index contributed by atoms with van der Waals surface area (Å²) in [6.07, 6.45) is 0. The zero-order valence-electron chi connectivity index (χ0n) is 14.8. The maximum Gasteiger partial charge on any atom is 0.209 e. The minimum atomic E-state index is 0.310. The number of methoxy groups -OCH3 is 1. The number of hydrogen-bond acceptors (Lipinski definition) is 7. The molecule has 1 unspecified atom stereocenters. The first-order valence-corrected chi connectivity index (χ1v) is 9.05. The first-order valence-electron chi connectivity index (χ1n) is 8.06. The Morgan fingerprint density at radius 1 is 1.42 bits per heavy atom. The van der Waals surface area contributed by atoms with Gasteiger partial charge in [0.1, 0.15) is 5.75 Å². The van der Waals surface area contributed by atoms with Gasteiger partial charge in [-0.25, -0.2) is 4.68 Å². The number of tetrazole rings is 1. The van der Waals surface area contributed by atoms with Gasteiger partial charge in [-0.1, -0.05) is 24.8 Å². The molecule has 0 saturated carbocycles. The standard InChI is InChI=1S/C16H26N6OS/c1-5-22(9-8-17)12(2)13-6-7-15(23-4)14(10-13)11-24-16-18-19-20-21(16)3/h6-7,10,12H,5,8-9,11,17H2,1-4H3. The van der Waals surface area contributed by atoms with E-state index in [1.165, 1.54) is 5.56 Å². The molecule has 0 radical (unpaired) electrons. The number of aryl methyl sites for hydroxylation is 1. The molecule has 1 aromatic carbocycles. The molecule has 7 nitrogen and oxygen atoms in total. The summed E-state index contributed by atoms with van der Waals surface area (Å²) in [6.45, 7) is 6.89. The number of nitrogens with two attached hydrogens (primary N) is 1. The number of likely N-dealkylation sites (N-methyl/N-ethyl adjacent to an activating group) is 1. The molecule has 2 rings (SSSR count). The van der Waals surface area contributed by atoms with E-state index in [0.717, 1.165) is 35.3 Å². The van der Waals surface area contributed by atoms with Gasteiger partial charge in [0.2, 0.25) is 5.16 Å². The van der Waals surface area contributed by atoms with Crippen LogP contribution in [0.1, 0.15) is 31.0 Å². The highest BCUT2D eigenvalue weighted by molar-refractivity contribution is 7.98. The van der Waals surface area contributed by atoms with Crippen molar-refractivity contribution in [3.05, 3.63) is 29.3 Å². The van der Waals surface area contributed by atoms with Gasteiger partial charge >= 0.3 is 0 Å². The van der Waals surface area contributed by atoms with Gasteiger partial charge in [-0.05, 0) is 41.6 Å². The maximum atomic E-state index is 5.73. The molecule has 0 aliphatic carbocycles. The monoisotopic (exact) mass is 350 g/mol. The molecule has 0 bridgehead atoms. The normalized spacial score (nSPS) is 12.6. The van der Waals surface area contributed by atoms with Crippen molar-refractivity contribution >= 4 is 11.8 Å². The molecule has 2 aromatic rings. The number of nitrogens with zero attached hydrogens (tertiary/aromatic N) is 5. The Balaban J connectivity index is 2.18. The molecule has 0 saturated heterocycles. The smallest absolute Gasteiger partial charge is 0.209 e. The minimum Gasteiger partial charge on any atom is -0.496 e. The van der Waals surface area contributed by atoms with Crippen molar-refractivity contribution in [1.29, 1.82) is 0 Å². The summed E-state index contributed by atoms with van der Waals surface area (Å²) >= 11 is 1.59. The fourth-order valence-electron chi connectivity index (χ4n) is 2.66. The molecule has 0 amide bonds. The van der Waals surface area contributed by atoms with Gasteiger partial charge in [0.05, 0.1) is 7.11 Å². The Morgan fingerprint density at radius 2 is 2.21 bits per heavy atom. The van der Waals surface area contributed by atoms with Crippen LogP contribution < -0.4 is 10.5 Å². The molecule has 1 aromatic heterocycles. The van der Waals surface area contributed by atoms with E-state index in [1.54, 1.807) is 23.6 Å². The van der Waals surface area contributed by atoms with Gasteiger partial charge in [0.25, 0.3) is 0 Å². The van der Waals surface area contributed by atoms with Crippen LogP contribution in [-0.2, 0) is 12.8 Å². The van der Waals surface area contributed by atoms with Gasteiger partial charge < -0.3 is 10.5 Å². The summed E-state index contributed by atoms with van der Waals surface area (Å²) in [6, 6.07) is 6.68. The third kappa shape index (κ3) is 4.46. The topological polar surface area (TPSA) is 82.1 Å². The lowest BCUT2D eigenvalue weighted by molar-refractivity contribution is 0.228. The Bertz CT molecular complexity index is 647. The Hall–Kier alpha value is -1.64. The number of thioether (sulfide) groups is 1. The number of aromatic nitrogens is 4. The zero-order valence-corrected chi connectivity index (χ0v) is 15.6. The quantitative estimate of drug-likeness (QED) is 0.691. The van der Waals surface area contributed by atoms with E-state index in [-0.39, 0.29) is 0 Å². The van der Waals surface area contributed by atoms with E-state index in [0.29, 0.717) is 12.6 Å². The lowest BCUT2D eigenvalue weighted by Crippen LogP contribution is -2.31. The molecular weight excluding hydrogens is 324 g/mol. The molecule has 1 heterocycles. The lowest BCUT2D eigenvalue weighted by Gasteiger charge is -2.28. The highest BCUT2D eigenvalue weighted by Gasteiger charge is 2.16. The molecule has 8 heteroatoms. The summed E-state index contributed by atoms with van der Waals surface area (Å²) in [5.41, 5.74) is 8.13. The zero-order chi connectivity index (χ0) is 17.5. The number of ether oxygens (including phenoxy) is 1. The molecule has 0 fully saturated rings. The predicted octanol–water partition coefficient (Wildman–Crippen LogP) is 1.85. The summed E-state index contributed by atoms with van der Waals surface area (Å²) in [7, 11) is 3.53. The molecular formula is C16H26N6OS. The molecule has 24 heavy (non-hydrogen) atoms. The van der Waals surface area contributed by atoms with Crippen molar-refractivity contribution in [2.24, 2.45) is 12.8 Å². The van der Waals surface area contributed by atoms with Gasteiger partial charge in [-0.3, -0.25) is 4.90 Å². The highest BCUT2D eigenvalue weighted by Crippen LogP contribution is 2.30. The fourth-order valence-corrected chi connectivity index (χ4v) is 3.49. The van der Waals surface area contributed by atoms with Crippen LogP contribution in [0.25, 0.3) is 0 Å². The van der Waals surface area contributed by atoms with Crippen LogP contribution in [0.3, 0.4) is 0 Å². The van der Waals surface area contributed by atoms with E-state index in [9.17, 15) is 0 Å². The average molecular weight is 350 g/mol. The third-order valence-corrected chi connectivity index (χ3v) is 5.15. The van der Waals surface area contributed by atoms with E-state index >= 15 is 0 Å². The van der Waals surface area contributed by atoms with Crippen molar-refractivity contribution in [1.82, 2.24) is 25.1 Å². The van der Waals surface area contributed by atoms with Crippen LogP contribution >= 0.6 is 11.8 Å². The van der Waals surface area contributed by atoms with Crippen molar-refractivity contribution in [3.63, 3.8) is 0 Å². The first kappa shape index (κ1) is 18.7. The van der Waals surface area contributed by atoms with Gasteiger partial charge in [0.15, 0.2) is 0 Å². The molecule has 0 aliphatic rings. The Labute approximate surface area is 147 Å². The van der Waals surface area contributed by atoms with Crippen LogP contribution in [-0.4, -0.2) is 51.9 Å². The molecule has 2 N–H and O–H groups in total. The van der Waals surface area contributed by atoms with Crippen molar-refractivity contribution in [3.8, 4) is 5.75 Å². The van der Waals surface area contributed by atoms with Gasteiger partial charge in [-0.15, -0.1) is 5.10 Å². The average Bonchev–Trinajstić information content (AvgIpc) is 3.02. The molecule has 0 spiro atoms. The van der Waals surface area contributed by atoms with Crippen LogP contribution in [0, 0.1) is 0 Å². The number of hydrogen-bond donors (Lipinski definition) is 1. The maximum absolute atomic E-state index is 5.73. The van der Waals surface area contributed by atoms with Crippen LogP contribution in [0.5, 0.6) is 5.75 Å². The molecule has 0 aliphatic heterocycles. The lowest BCUT2D eigenvalue weighted by atomic mass is 10.0. The van der Waals surface area contributed by atoms with Crippen LogP contribution in [0.4, 0.5) is 0 Å². The van der Waals surface area contributed by atoms with E-state index in [4.69, 9.17) is 10.5 Å². The van der Waals surface area contributed by atoms with E-state index in [2.05, 4.69) is 46.4 Å². The fraction of sp³-hybridized carbons (Fsp3) is 0.562. The van der Waals surface area contributed by atoms with Crippen LogP contribution in [0.2, 0.25) is 0 Å². The minimum absolute atomic E-state index is 0.310. The molecule has 1 atom stereocenters. The first-order chi connectivity index (χ1) is 11.6.